The molecule has 0 bridgehead atoms. The van der Waals surface area contributed by atoms with Crippen LogP contribution >= 0.6 is 15.9 Å². The third-order valence-corrected chi connectivity index (χ3v) is 6.54. The van der Waals surface area contributed by atoms with Gasteiger partial charge in [0.05, 0.1) is 16.0 Å². The van der Waals surface area contributed by atoms with E-state index in [9.17, 15) is 17.6 Å². The van der Waals surface area contributed by atoms with Gasteiger partial charge >= 0.3 is 0 Å². The lowest BCUT2D eigenvalue weighted by molar-refractivity contribution is -0.121. The molecule has 0 heterocycles. The number of nitrogens with one attached hydrogen (secondary N) is 1. The second-order valence-electron chi connectivity index (χ2n) is 6.66. The zero-order chi connectivity index (χ0) is 18.9. The summed E-state index contributed by atoms with van der Waals surface area (Å²) in [5, 5.41) is 2.63. The van der Waals surface area contributed by atoms with Crippen molar-refractivity contribution in [3.63, 3.8) is 0 Å². The second kappa shape index (κ2) is 7.12. The van der Waals surface area contributed by atoms with Crippen molar-refractivity contribution in [2.24, 2.45) is 0 Å². The first-order valence-electron chi connectivity index (χ1n) is 8.29. The predicted octanol–water partition coefficient (Wildman–Crippen LogP) is 4.44. The molecule has 2 aromatic rings. The molecule has 4 nitrogen and oxygen atoms in total. The van der Waals surface area contributed by atoms with E-state index in [1.807, 2.05) is 24.3 Å². The molecule has 7 heteroatoms. The van der Waals surface area contributed by atoms with E-state index in [0.717, 1.165) is 35.2 Å². The van der Waals surface area contributed by atoms with Gasteiger partial charge in [0.15, 0.2) is 9.84 Å². The molecule has 0 spiro atoms. The lowest BCUT2D eigenvalue weighted by Crippen LogP contribution is -2.38. The monoisotopic (exact) mass is 439 g/mol. The Bertz CT molecular complexity index is 936. The molecule has 1 amide bonds. The summed E-state index contributed by atoms with van der Waals surface area (Å²) in [5.74, 6) is -0.962. The van der Waals surface area contributed by atoms with Gasteiger partial charge in [-0.05, 0) is 48.7 Å². The number of anilines is 1. The minimum atomic E-state index is -3.49. The number of hydrogen-bond donors (Lipinski definition) is 1. The quantitative estimate of drug-likeness (QED) is 0.715. The summed E-state index contributed by atoms with van der Waals surface area (Å²) in [6.07, 6.45) is 4.22. The second-order valence-corrected chi connectivity index (χ2v) is 9.60. The van der Waals surface area contributed by atoms with E-state index in [1.165, 1.54) is 12.1 Å². The normalized spacial score (nSPS) is 16.4. The molecule has 3 rings (SSSR count). The number of hydrogen-bond acceptors (Lipinski definition) is 3. The van der Waals surface area contributed by atoms with Gasteiger partial charge < -0.3 is 5.32 Å². The van der Waals surface area contributed by atoms with Crippen molar-refractivity contribution in [2.45, 2.75) is 36.0 Å². The van der Waals surface area contributed by atoms with E-state index in [1.54, 1.807) is 0 Å². The van der Waals surface area contributed by atoms with Gasteiger partial charge in [-0.15, -0.1) is 0 Å². The molecule has 0 radical (unpaired) electrons. The van der Waals surface area contributed by atoms with Crippen LogP contribution in [-0.2, 0) is 20.0 Å². The highest BCUT2D eigenvalue weighted by Crippen LogP contribution is 2.42. The first-order chi connectivity index (χ1) is 12.2. The Labute approximate surface area is 160 Å². The van der Waals surface area contributed by atoms with Crippen LogP contribution in [0.5, 0.6) is 0 Å². The van der Waals surface area contributed by atoms with Crippen LogP contribution in [0.4, 0.5) is 10.1 Å². The SMILES string of the molecule is CS(=O)(=O)c1ccc(F)c(NC(=O)C2(c3ccc(Br)cc3)CCCC2)c1. The summed E-state index contributed by atoms with van der Waals surface area (Å²) < 4.78 is 38.5. The van der Waals surface area contributed by atoms with E-state index in [4.69, 9.17) is 0 Å². The van der Waals surface area contributed by atoms with Crippen molar-refractivity contribution in [3.8, 4) is 0 Å². The summed E-state index contributed by atoms with van der Waals surface area (Å²) in [6.45, 7) is 0. The first kappa shape index (κ1) is 19.0. The van der Waals surface area contributed by atoms with Crippen molar-refractivity contribution < 1.29 is 17.6 Å². The third kappa shape index (κ3) is 3.69. The molecule has 0 aliphatic heterocycles. The molecule has 26 heavy (non-hydrogen) atoms. The number of amides is 1. The van der Waals surface area contributed by atoms with E-state index < -0.39 is 21.1 Å². The summed E-state index contributed by atoms with van der Waals surface area (Å²) >= 11 is 3.39. The van der Waals surface area contributed by atoms with Gasteiger partial charge in [-0.3, -0.25) is 4.79 Å². The van der Waals surface area contributed by atoms with Crippen LogP contribution in [0, 0.1) is 5.82 Å². The van der Waals surface area contributed by atoms with E-state index in [-0.39, 0.29) is 16.5 Å². The number of carbonyl (C=O) groups is 1. The Morgan fingerprint density at radius 3 is 2.31 bits per heavy atom. The largest absolute Gasteiger partial charge is 0.323 e. The fourth-order valence-corrected chi connectivity index (χ4v) is 4.38. The van der Waals surface area contributed by atoms with Crippen LogP contribution in [0.1, 0.15) is 31.2 Å². The van der Waals surface area contributed by atoms with Crippen molar-refractivity contribution in [2.75, 3.05) is 11.6 Å². The fourth-order valence-electron chi connectivity index (χ4n) is 3.47. The van der Waals surface area contributed by atoms with Crippen LogP contribution in [0.2, 0.25) is 0 Å². The summed E-state index contributed by atoms with van der Waals surface area (Å²) in [7, 11) is -3.49. The molecule has 1 N–H and O–H groups in total. The number of sulfone groups is 1. The molecule has 1 aliphatic rings. The smallest absolute Gasteiger partial charge is 0.235 e. The highest BCUT2D eigenvalue weighted by molar-refractivity contribution is 9.10. The molecule has 0 atom stereocenters. The lowest BCUT2D eigenvalue weighted by Gasteiger charge is -2.28. The van der Waals surface area contributed by atoms with Crippen LogP contribution in [0.3, 0.4) is 0 Å². The van der Waals surface area contributed by atoms with Crippen LogP contribution in [0.25, 0.3) is 0 Å². The molecular weight excluding hydrogens is 421 g/mol. The molecule has 0 aromatic heterocycles. The standard InChI is InChI=1S/C19H19BrFNO3S/c1-26(24,25)15-8-9-16(21)17(12-15)22-18(23)19(10-2-3-11-19)13-4-6-14(20)7-5-13/h4-9,12H,2-3,10-11H2,1H3,(H,22,23). The van der Waals surface area contributed by atoms with Gasteiger partial charge in [0.25, 0.3) is 0 Å². The van der Waals surface area contributed by atoms with Gasteiger partial charge in [-0.25, -0.2) is 12.8 Å². The van der Waals surface area contributed by atoms with Crippen LogP contribution < -0.4 is 5.32 Å². The van der Waals surface area contributed by atoms with E-state index in [2.05, 4.69) is 21.2 Å². The van der Waals surface area contributed by atoms with Gasteiger partial charge in [0.1, 0.15) is 5.82 Å². The Kier molecular flexibility index (Phi) is 5.21. The van der Waals surface area contributed by atoms with Crippen LogP contribution in [-0.4, -0.2) is 20.6 Å². The van der Waals surface area contributed by atoms with Gasteiger partial charge in [-0.1, -0.05) is 40.9 Å². The molecule has 1 fully saturated rings. The number of carbonyl (C=O) groups excluding carboxylic acids is 1. The third-order valence-electron chi connectivity index (χ3n) is 4.90. The maximum Gasteiger partial charge on any atom is 0.235 e. The zero-order valence-corrected chi connectivity index (χ0v) is 16.7. The number of halogens is 2. The lowest BCUT2D eigenvalue weighted by atomic mass is 9.78. The molecule has 1 aliphatic carbocycles. The van der Waals surface area contributed by atoms with E-state index >= 15 is 0 Å². The van der Waals surface area contributed by atoms with Gasteiger partial charge in [0, 0.05) is 10.7 Å². The highest BCUT2D eigenvalue weighted by atomic mass is 79.9. The zero-order valence-electron chi connectivity index (χ0n) is 14.3. The van der Waals surface area contributed by atoms with Crippen molar-refractivity contribution in [1.29, 1.82) is 0 Å². The average molecular weight is 440 g/mol. The maximum atomic E-state index is 14.2. The fraction of sp³-hybridized carbons (Fsp3) is 0.316. The predicted molar refractivity (Wildman–Crippen MR) is 102 cm³/mol. The summed E-state index contributed by atoms with van der Waals surface area (Å²) in [6, 6.07) is 11.0. The Morgan fingerprint density at radius 2 is 1.73 bits per heavy atom. The molecule has 0 saturated heterocycles. The number of benzene rings is 2. The van der Waals surface area contributed by atoms with Crippen molar-refractivity contribution in [3.05, 3.63) is 58.3 Å². The maximum absolute atomic E-state index is 14.2. The van der Waals surface area contributed by atoms with Crippen LogP contribution in [0.15, 0.2) is 51.8 Å². The molecule has 138 valence electrons. The number of rotatable bonds is 4. The summed E-state index contributed by atoms with van der Waals surface area (Å²) in [4.78, 5) is 13.1. The Hall–Kier alpha value is -1.73. The molecule has 0 unspecified atom stereocenters. The van der Waals surface area contributed by atoms with Gasteiger partial charge in [0.2, 0.25) is 5.91 Å². The summed E-state index contributed by atoms with van der Waals surface area (Å²) in [5.41, 5.74) is 0.0468. The minimum Gasteiger partial charge on any atom is -0.323 e. The van der Waals surface area contributed by atoms with Crippen molar-refractivity contribution in [1.82, 2.24) is 0 Å². The Balaban J connectivity index is 1.96. The topological polar surface area (TPSA) is 63.2 Å². The molecular formula is C19H19BrFNO3S. The van der Waals surface area contributed by atoms with Crippen molar-refractivity contribution >= 4 is 37.4 Å². The molecule has 2 aromatic carbocycles. The van der Waals surface area contributed by atoms with E-state index in [0.29, 0.717) is 12.8 Å². The first-order valence-corrected chi connectivity index (χ1v) is 11.0. The van der Waals surface area contributed by atoms with Gasteiger partial charge in [-0.2, -0.15) is 0 Å². The molecule has 1 saturated carbocycles. The Morgan fingerprint density at radius 1 is 1.12 bits per heavy atom. The highest BCUT2D eigenvalue weighted by Gasteiger charge is 2.42. The average Bonchev–Trinajstić information content (AvgIpc) is 3.07. The minimum absolute atomic E-state index is 0.0293.